The molecule has 0 aliphatic carbocycles. The molecule has 0 heteroatoms. The summed E-state index contributed by atoms with van der Waals surface area (Å²) in [4.78, 5) is 0. The predicted molar refractivity (Wildman–Crippen MR) is 171 cm³/mol. The summed E-state index contributed by atoms with van der Waals surface area (Å²) in [5.41, 5.74) is 7.83. The standard InChI is InChI=1S/C13H12.2C8H10.3C2H6.CH4/c1-3-11-5-7-12-8-10(2)4-6-13(12)9-11;2*1-7-4-3-5-8(2)6-7;3*1-2;/h3-9H,1H2,2H3;2*3-6H,1-2H3;3*1-2H3;1H4. The number of benzene rings is 4. The van der Waals surface area contributed by atoms with E-state index in [-0.39, 0.29) is 7.43 Å². The number of rotatable bonds is 1. The zero-order chi connectivity index (χ0) is 27.2. The summed E-state index contributed by atoms with van der Waals surface area (Å²) in [6.45, 7) is 26.3. The van der Waals surface area contributed by atoms with Crippen LogP contribution < -0.4 is 0 Å². The SMILES string of the molecule is C.C=Cc1ccc2cc(C)ccc2c1.CC.CC.CC.Cc1cccc(C)c1.Cc1cccc(C)c1. The van der Waals surface area contributed by atoms with Crippen LogP contribution in [-0.4, -0.2) is 0 Å². The Balaban J connectivity index is -0.000000419. The minimum Gasteiger partial charge on any atom is -0.0985 e. The molecule has 36 heavy (non-hydrogen) atoms. The highest BCUT2D eigenvalue weighted by Gasteiger charge is 1.93. The number of fused-ring (bicyclic) bond motifs is 1. The van der Waals surface area contributed by atoms with Crippen molar-refractivity contribution in [2.24, 2.45) is 0 Å². The Morgan fingerprint density at radius 1 is 0.444 bits per heavy atom. The van der Waals surface area contributed by atoms with Crippen LogP contribution in [0.4, 0.5) is 0 Å². The fourth-order valence-electron chi connectivity index (χ4n) is 3.12. The summed E-state index contributed by atoms with van der Waals surface area (Å²) < 4.78 is 0. The molecule has 0 saturated heterocycles. The van der Waals surface area contributed by atoms with E-state index in [9.17, 15) is 0 Å². The number of hydrogen-bond acceptors (Lipinski definition) is 0. The highest BCUT2D eigenvalue weighted by molar-refractivity contribution is 5.85. The lowest BCUT2D eigenvalue weighted by Crippen LogP contribution is -1.76. The van der Waals surface area contributed by atoms with Crippen LogP contribution in [0.3, 0.4) is 0 Å². The third-order valence-electron chi connectivity index (χ3n) is 4.60. The zero-order valence-corrected chi connectivity index (χ0v) is 24.4. The quantitative estimate of drug-likeness (QED) is 0.251. The fourth-order valence-corrected chi connectivity index (χ4v) is 3.12. The van der Waals surface area contributed by atoms with Crippen LogP contribution in [0.25, 0.3) is 16.8 Å². The van der Waals surface area contributed by atoms with E-state index >= 15 is 0 Å². The normalized spacial score (nSPS) is 8.31. The molecule has 0 unspecified atom stereocenters. The first-order chi connectivity index (χ1) is 16.9. The van der Waals surface area contributed by atoms with Crippen molar-refractivity contribution in [2.75, 3.05) is 0 Å². The van der Waals surface area contributed by atoms with Crippen molar-refractivity contribution in [1.29, 1.82) is 0 Å². The Hall–Kier alpha value is -3.12. The average Bonchev–Trinajstić information content (AvgIpc) is 2.88. The molecule has 0 bridgehead atoms. The van der Waals surface area contributed by atoms with Gasteiger partial charge in [0, 0.05) is 0 Å². The summed E-state index contributed by atoms with van der Waals surface area (Å²) in [5.74, 6) is 0. The van der Waals surface area contributed by atoms with Crippen molar-refractivity contribution in [2.45, 2.75) is 83.6 Å². The van der Waals surface area contributed by atoms with Gasteiger partial charge < -0.3 is 0 Å². The van der Waals surface area contributed by atoms with Gasteiger partial charge in [-0.15, -0.1) is 0 Å². The first-order valence-electron chi connectivity index (χ1n) is 13.1. The second-order valence-electron chi connectivity index (χ2n) is 7.63. The van der Waals surface area contributed by atoms with Gasteiger partial charge in [-0.2, -0.15) is 0 Å². The lowest BCUT2D eigenvalue weighted by molar-refractivity contribution is 1.39. The largest absolute Gasteiger partial charge is 0.0985 e. The number of hydrogen-bond donors (Lipinski definition) is 0. The van der Waals surface area contributed by atoms with Crippen LogP contribution in [0.5, 0.6) is 0 Å². The molecule has 0 nitrogen and oxygen atoms in total. The molecule has 0 amide bonds. The Morgan fingerprint density at radius 3 is 1.11 bits per heavy atom. The molecule has 4 aromatic rings. The molecule has 0 atom stereocenters. The second-order valence-corrected chi connectivity index (χ2v) is 7.63. The van der Waals surface area contributed by atoms with E-state index in [1.165, 1.54) is 44.2 Å². The Labute approximate surface area is 225 Å². The lowest BCUT2D eigenvalue weighted by Gasteiger charge is -2.00. The van der Waals surface area contributed by atoms with Crippen LogP contribution in [-0.2, 0) is 0 Å². The Morgan fingerprint density at radius 2 is 0.778 bits per heavy atom. The zero-order valence-electron chi connectivity index (χ0n) is 24.4. The van der Waals surface area contributed by atoms with Gasteiger partial charge in [-0.05, 0) is 57.0 Å². The molecule has 0 radical (unpaired) electrons. The lowest BCUT2D eigenvalue weighted by atomic mass is 10.1. The molecule has 0 aliphatic rings. The minimum absolute atomic E-state index is 0. The monoisotopic (exact) mass is 486 g/mol. The van der Waals surface area contributed by atoms with E-state index < -0.39 is 0 Å². The molecule has 0 N–H and O–H groups in total. The summed E-state index contributed by atoms with van der Waals surface area (Å²) in [6, 6.07) is 29.8. The summed E-state index contributed by atoms with van der Waals surface area (Å²) >= 11 is 0. The maximum Gasteiger partial charge on any atom is -0.0178 e. The maximum atomic E-state index is 3.76. The predicted octanol–water partition coefficient (Wildman–Crippen LogP) is 12.1. The molecule has 0 saturated carbocycles. The molecule has 4 rings (SSSR count). The third-order valence-corrected chi connectivity index (χ3v) is 4.60. The molecule has 4 aromatic carbocycles. The van der Waals surface area contributed by atoms with Gasteiger partial charge in [0.1, 0.15) is 0 Å². The van der Waals surface area contributed by atoms with Gasteiger partial charge in [0.2, 0.25) is 0 Å². The minimum atomic E-state index is 0. The molecule has 0 spiro atoms. The topological polar surface area (TPSA) is 0 Å². The van der Waals surface area contributed by atoms with Gasteiger partial charge in [-0.25, -0.2) is 0 Å². The highest BCUT2D eigenvalue weighted by Crippen LogP contribution is 2.18. The van der Waals surface area contributed by atoms with E-state index in [0.29, 0.717) is 0 Å². The van der Waals surface area contributed by atoms with Crippen molar-refractivity contribution in [3.8, 4) is 0 Å². The van der Waals surface area contributed by atoms with Gasteiger partial charge in [0.05, 0.1) is 0 Å². The van der Waals surface area contributed by atoms with Crippen molar-refractivity contribution in [3.63, 3.8) is 0 Å². The number of aryl methyl sites for hydroxylation is 5. The molecule has 0 fully saturated rings. The average molecular weight is 487 g/mol. The van der Waals surface area contributed by atoms with Crippen molar-refractivity contribution in [3.05, 3.63) is 125 Å². The fraction of sp³-hybridized carbons (Fsp3) is 0.333. The summed E-state index contributed by atoms with van der Waals surface area (Å²) in [5, 5.41) is 2.58. The van der Waals surface area contributed by atoms with E-state index in [1.807, 2.05) is 47.6 Å². The van der Waals surface area contributed by atoms with Crippen molar-refractivity contribution < 1.29 is 0 Å². The van der Waals surface area contributed by atoms with Crippen LogP contribution in [0.2, 0.25) is 0 Å². The Bertz CT molecular complexity index is 992. The molecule has 0 heterocycles. The smallest absolute Gasteiger partial charge is 0.0178 e. The molecule has 0 aromatic heterocycles. The molecule has 198 valence electrons. The summed E-state index contributed by atoms with van der Waals surface area (Å²) in [7, 11) is 0. The van der Waals surface area contributed by atoms with Gasteiger partial charge in [-0.3, -0.25) is 0 Å². The van der Waals surface area contributed by atoms with E-state index in [4.69, 9.17) is 0 Å². The van der Waals surface area contributed by atoms with Crippen molar-refractivity contribution in [1.82, 2.24) is 0 Å². The third kappa shape index (κ3) is 16.5. The van der Waals surface area contributed by atoms with Crippen LogP contribution in [0.1, 0.15) is 82.3 Å². The Kier molecular flexibility index (Phi) is 24.6. The van der Waals surface area contributed by atoms with Crippen LogP contribution in [0.15, 0.2) is 91.5 Å². The first-order valence-corrected chi connectivity index (χ1v) is 13.1. The van der Waals surface area contributed by atoms with Crippen molar-refractivity contribution >= 4 is 16.8 Å². The molecule has 0 aliphatic heterocycles. The van der Waals surface area contributed by atoms with Gasteiger partial charge in [-0.1, -0.05) is 168 Å². The van der Waals surface area contributed by atoms with Gasteiger partial charge in [0.25, 0.3) is 0 Å². The van der Waals surface area contributed by atoms with Crippen LogP contribution in [0, 0.1) is 34.6 Å². The van der Waals surface area contributed by atoms with E-state index in [1.54, 1.807) is 0 Å². The molecular formula is C36H54. The van der Waals surface area contributed by atoms with Gasteiger partial charge >= 0.3 is 0 Å². The van der Waals surface area contributed by atoms with E-state index in [0.717, 1.165) is 0 Å². The molecular weight excluding hydrogens is 432 g/mol. The van der Waals surface area contributed by atoms with Gasteiger partial charge in [0.15, 0.2) is 0 Å². The maximum absolute atomic E-state index is 3.76. The second kappa shape index (κ2) is 23.6. The van der Waals surface area contributed by atoms with Crippen LogP contribution >= 0.6 is 0 Å². The first kappa shape index (κ1) is 37.4. The van der Waals surface area contributed by atoms with E-state index in [2.05, 4.69) is 126 Å². The highest BCUT2D eigenvalue weighted by atomic mass is 14.0. The summed E-state index contributed by atoms with van der Waals surface area (Å²) in [6.07, 6.45) is 1.87.